The third-order valence-electron chi connectivity index (χ3n) is 5.56. The highest BCUT2D eigenvalue weighted by molar-refractivity contribution is 7.80. The average molecular weight is 623 g/mol. The lowest BCUT2D eigenvalue weighted by molar-refractivity contribution is -0.212. The van der Waals surface area contributed by atoms with E-state index in [1.54, 1.807) is 24.3 Å². The number of hydrogen-bond acceptors (Lipinski definition) is 16. The topological polar surface area (TPSA) is 213 Å². The lowest BCUT2D eigenvalue weighted by Gasteiger charge is -2.28. The van der Waals surface area contributed by atoms with Crippen LogP contribution in [0.1, 0.15) is 25.0 Å². The molecule has 2 aromatic rings. The maximum atomic E-state index is 10.5. The molecule has 2 unspecified atom stereocenters. The zero-order valence-electron chi connectivity index (χ0n) is 21.7. The number of ether oxygens (including phenoxy) is 6. The molecule has 0 aromatic heterocycles. The van der Waals surface area contributed by atoms with Gasteiger partial charge in [0.15, 0.2) is 23.0 Å². The molecule has 2 heterocycles. The van der Waals surface area contributed by atoms with Crippen molar-refractivity contribution in [2.24, 2.45) is 0 Å². The Bertz CT molecular complexity index is 1300. The first-order valence-corrected chi connectivity index (χ1v) is 14.6. The van der Waals surface area contributed by atoms with Crippen molar-refractivity contribution in [3.8, 4) is 23.0 Å². The summed E-state index contributed by atoms with van der Waals surface area (Å²) < 4.78 is 104. The van der Waals surface area contributed by atoms with Crippen molar-refractivity contribution in [2.45, 2.75) is 31.8 Å². The summed E-state index contributed by atoms with van der Waals surface area (Å²) >= 11 is 0. The van der Waals surface area contributed by atoms with E-state index in [9.17, 15) is 25.9 Å². The maximum absolute atomic E-state index is 10.5. The van der Waals surface area contributed by atoms with Gasteiger partial charge in [-0.15, -0.1) is 8.67 Å². The van der Waals surface area contributed by atoms with Gasteiger partial charge in [-0.2, -0.15) is 0 Å². The Hall–Kier alpha value is -2.78. The van der Waals surface area contributed by atoms with Gasteiger partial charge in [0, 0.05) is 5.41 Å². The van der Waals surface area contributed by atoms with E-state index >= 15 is 0 Å². The van der Waals surface area contributed by atoms with Gasteiger partial charge in [-0.25, -0.2) is 26.6 Å². The molecule has 0 bridgehead atoms. The third kappa shape index (κ3) is 10.2. The molecule has 0 radical (unpaired) electrons. The number of epoxide rings is 2. The quantitative estimate of drug-likeness (QED) is 0.0567. The molecule has 41 heavy (non-hydrogen) atoms. The second kappa shape index (κ2) is 13.0. The van der Waals surface area contributed by atoms with Gasteiger partial charge in [0.25, 0.3) is 0 Å². The molecule has 2 fully saturated rings. The van der Waals surface area contributed by atoms with Gasteiger partial charge in [0.05, 0.1) is 0 Å². The van der Waals surface area contributed by atoms with Gasteiger partial charge in [0.2, 0.25) is 33.4 Å². The van der Waals surface area contributed by atoms with Crippen LogP contribution in [0, 0.1) is 0 Å². The van der Waals surface area contributed by atoms with E-state index < -0.39 is 38.8 Å². The van der Waals surface area contributed by atoms with Gasteiger partial charge >= 0.3 is 0 Å². The van der Waals surface area contributed by atoms with E-state index in [0.29, 0.717) is 36.2 Å². The van der Waals surface area contributed by atoms with Gasteiger partial charge in [-0.05, 0) is 35.4 Å². The molecule has 228 valence electrons. The summed E-state index contributed by atoms with van der Waals surface area (Å²) in [6.45, 7) is 3.63. The summed E-state index contributed by atoms with van der Waals surface area (Å²) in [5.74, 6) is 1.33. The maximum Gasteiger partial charge on any atom is 0.245 e. The van der Waals surface area contributed by atoms with Crippen LogP contribution < -0.4 is 18.9 Å². The van der Waals surface area contributed by atoms with Crippen LogP contribution in [0.2, 0.25) is 0 Å². The SMILES string of the molecule is CC(C)(c1ccc(OC2CO2)c(OCCOOS(=O)(=O)[O-])c1)c1ccc(OC2CO2)c(OCCOOS(=O)(=O)[O-])c1. The highest BCUT2D eigenvalue weighted by Gasteiger charge is 2.30. The van der Waals surface area contributed by atoms with E-state index in [-0.39, 0.29) is 26.4 Å². The molecule has 0 saturated carbocycles. The van der Waals surface area contributed by atoms with Crippen molar-refractivity contribution in [1.29, 1.82) is 0 Å². The van der Waals surface area contributed by atoms with Crippen LogP contribution in [0.25, 0.3) is 0 Å². The molecule has 16 nitrogen and oxygen atoms in total. The van der Waals surface area contributed by atoms with E-state index in [1.165, 1.54) is 0 Å². The van der Waals surface area contributed by atoms with Crippen LogP contribution in [0.4, 0.5) is 0 Å². The lowest BCUT2D eigenvalue weighted by atomic mass is 9.78. The molecule has 4 rings (SSSR count). The molecule has 18 heteroatoms. The van der Waals surface area contributed by atoms with Crippen LogP contribution in [-0.2, 0) is 54.1 Å². The molecule has 0 amide bonds. The van der Waals surface area contributed by atoms with Crippen molar-refractivity contribution < 1.29 is 72.8 Å². The zero-order chi connectivity index (χ0) is 29.7. The van der Waals surface area contributed by atoms with Crippen LogP contribution in [0.3, 0.4) is 0 Å². The van der Waals surface area contributed by atoms with Crippen molar-refractivity contribution in [2.75, 3.05) is 39.6 Å². The standard InChI is InChI=1S/C23H28O16S2/c1-23(2,15-3-5-17(36-21-13-32-21)19(11-15)30-7-9-34-38-40(24,25)26)16-4-6-18(37-22-14-33-22)20(12-16)31-8-10-35-39-41(27,28)29/h3-6,11-12,21-22H,7-10,13-14H2,1-2H3,(H,24,25,26)(H,27,28,29)/p-2. The zero-order valence-corrected chi connectivity index (χ0v) is 23.3. The van der Waals surface area contributed by atoms with E-state index in [1.807, 2.05) is 26.0 Å². The average Bonchev–Trinajstić information content (AvgIpc) is 3.81. The van der Waals surface area contributed by atoms with Crippen molar-refractivity contribution in [3.05, 3.63) is 47.5 Å². The highest BCUT2D eigenvalue weighted by atomic mass is 32.3. The van der Waals surface area contributed by atoms with Crippen LogP contribution in [0.15, 0.2) is 36.4 Å². The number of hydrogen-bond donors (Lipinski definition) is 0. The Morgan fingerprint density at radius 3 is 1.44 bits per heavy atom. The minimum Gasteiger partial charge on any atom is -0.724 e. The van der Waals surface area contributed by atoms with Crippen molar-refractivity contribution in [1.82, 2.24) is 0 Å². The molecule has 2 atom stereocenters. The van der Waals surface area contributed by atoms with Gasteiger partial charge in [-0.1, -0.05) is 26.0 Å². The summed E-state index contributed by atoms with van der Waals surface area (Å²) in [6.07, 6.45) is -0.848. The fourth-order valence-electron chi connectivity index (χ4n) is 3.44. The largest absolute Gasteiger partial charge is 0.724 e. The Kier molecular flexibility index (Phi) is 9.90. The van der Waals surface area contributed by atoms with Crippen molar-refractivity contribution >= 4 is 20.8 Å². The van der Waals surface area contributed by atoms with E-state index in [4.69, 9.17) is 28.4 Å². The second-order valence-corrected chi connectivity index (χ2v) is 10.9. The number of rotatable bonds is 18. The Morgan fingerprint density at radius 1 is 0.707 bits per heavy atom. The third-order valence-corrected chi connectivity index (χ3v) is 6.09. The summed E-state index contributed by atoms with van der Waals surface area (Å²) in [5, 5.41) is 0. The van der Waals surface area contributed by atoms with Crippen LogP contribution in [0.5, 0.6) is 23.0 Å². The molecule has 0 aliphatic carbocycles. The monoisotopic (exact) mass is 622 g/mol. The smallest absolute Gasteiger partial charge is 0.245 e. The minimum absolute atomic E-state index is 0.173. The van der Waals surface area contributed by atoms with E-state index in [2.05, 4.69) is 18.4 Å². The first kappa shape index (κ1) is 31.2. The van der Waals surface area contributed by atoms with Gasteiger partial charge in [-0.3, -0.25) is 0 Å². The Balaban J connectivity index is 1.50. The van der Waals surface area contributed by atoms with E-state index in [0.717, 1.165) is 11.1 Å². The van der Waals surface area contributed by atoms with Gasteiger partial charge in [0.1, 0.15) is 39.6 Å². The predicted octanol–water partition coefficient (Wildman–Crippen LogP) is 1.06. The summed E-state index contributed by atoms with van der Waals surface area (Å²) in [5.41, 5.74) is 0.892. The Morgan fingerprint density at radius 2 is 1.10 bits per heavy atom. The molecule has 0 spiro atoms. The molecule has 2 aliphatic rings. The highest BCUT2D eigenvalue weighted by Crippen LogP contribution is 2.41. The Labute approximate surface area is 235 Å². The van der Waals surface area contributed by atoms with Crippen LogP contribution in [-0.4, -0.2) is 78.2 Å². The van der Waals surface area contributed by atoms with Crippen molar-refractivity contribution in [3.63, 3.8) is 0 Å². The minimum atomic E-state index is -5.01. The molecule has 2 aromatic carbocycles. The van der Waals surface area contributed by atoms with Crippen LogP contribution >= 0.6 is 0 Å². The fourth-order valence-corrected chi connectivity index (χ4v) is 3.81. The molecule has 0 N–H and O–H groups in total. The lowest BCUT2D eigenvalue weighted by Crippen LogP contribution is -2.20. The normalized spacial score (nSPS) is 18.5. The molecular formula is C23H26O16S2-2. The first-order chi connectivity index (χ1) is 19.3. The molecular weight excluding hydrogens is 596 g/mol. The van der Waals surface area contributed by atoms with Gasteiger partial charge < -0.3 is 37.5 Å². The predicted molar refractivity (Wildman–Crippen MR) is 130 cm³/mol. The second-order valence-electron chi connectivity index (χ2n) is 9.00. The first-order valence-electron chi connectivity index (χ1n) is 12.0. The summed E-state index contributed by atoms with van der Waals surface area (Å²) in [6, 6.07) is 10.5. The fraction of sp³-hybridized carbons (Fsp3) is 0.478. The summed E-state index contributed by atoms with van der Waals surface area (Å²) in [4.78, 5) is 8.71. The molecule has 2 saturated heterocycles. The summed E-state index contributed by atoms with van der Waals surface area (Å²) in [7, 11) is -10.0. The molecule has 2 aliphatic heterocycles. The number of benzene rings is 2.